The molecule has 222 valence electrons. The first-order valence-electron chi connectivity index (χ1n) is 15.8. The lowest BCUT2D eigenvalue weighted by atomic mass is 10.0. The van der Waals surface area contributed by atoms with Gasteiger partial charge in [-0.1, -0.05) is 97.1 Å². The predicted molar refractivity (Wildman–Crippen MR) is 194 cm³/mol. The lowest BCUT2D eigenvalue weighted by molar-refractivity contribution is 0.620. The van der Waals surface area contributed by atoms with E-state index < -0.39 is 0 Å². The lowest BCUT2D eigenvalue weighted by Gasteiger charge is -2.26. The molecule has 9 rings (SSSR count). The number of benzene rings is 7. The number of anilines is 3. The monoisotopic (exact) mass is 603 g/mol. The summed E-state index contributed by atoms with van der Waals surface area (Å²) in [5, 5.41) is 2.41. The van der Waals surface area contributed by atoms with Crippen LogP contribution >= 0.6 is 0 Å². The number of aromatic nitrogens is 2. The summed E-state index contributed by atoms with van der Waals surface area (Å²) in [6.07, 6.45) is 0. The molecule has 0 radical (unpaired) electrons. The molecule has 0 aliphatic rings. The van der Waals surface area contributed by atoms with Crippen molar-refractivity contribution in [2.24, 2.45) is 0 Å². The zero-order valence-corrected chi connectivity index (χ0v) is 25.5. The van der Waals surface area contributed by atoms with Crippen LogP contribution in [0.2, 0.25) is 0 Å². The maximum Gasteiger partial charge on any atom is 0.227 e. The maximum absolute atomic E-state index is 6.06. The van der Waals surface area contributed by atoms with Crippen molar-refractivity contribution in [2.75, 3.05) is 4.90 Å². The molecule has 0 unspecified atom stereocenters. The Morgan fingerprint density at radius 2 is 1.11 bits per heavy atom. The van der Waals surface area contributed by atoms with Gasteiger partial charge in [-0.05, 0) is 84.4 Å². The molecule has 7 aromatic carbocycles. The summed E-state index contributed by atoms with van der Waals surface area (Å²) in [6, 6.07) is 61.6. The van der Waals surface area contributed by atoms with Gasteiger partial charge in [-0.25, -0.2) is 4.98 Å². The average molecular weight is 604 g/mol. The Balaban J connectivity index is 1.20. The van der Waals surface area contributed by atoms with Crippen LogP contribution in [0.15, 0.2) is 180 Å². The molecule has 4 heteroatoms. The van der Waals surface area contributed by atoms with Crippen molar-refractivity contribution in [1.82, 2.24) is 9.55 Å². The molecule has 9 aromatic rings. The van der Waals surface area contributed by atoms with Gasteiger partial charge in [0.15, 0.2) is 5.58 Å². The molecular formula is C43H29N3O. The summed E-state index contributed by atoms with van der Waals surface area (Å²) in [5.41, 5.74) is 11.7. The molecule has 0 fully saturated rings. The Kier molecular flexibility index (Phi) is 6.43. The average Bonchev–Trinajstić information content (AvgIpc) is 3.72. The van der Waals surface area contributed by atoms with Crippen molar-refractivity contribution in [3.63, 3.8) is 0 Å². The Morgan fingerprint density at radius 3 is 1.94 bits per heavy atom. The fourth-order valence-corrected chi connectivity index (χ4v) is 6.66. The van der Waals surface area contributed by atoms with E-state index in [2.05, 4.69) is 161 Å². The Hall–Kier alpha value is -6.39. The number of hydrogen-bond donors (Lipinski definition) is 0. The van der Waals surface area contributed by atoms with Gasteiger partial charge in [0.25, 0.3) is 0 Å². The number of oxazole rings is 1. The third-order valence-electron chi connectivity index (χ3n) is 8.82. The highest BCUT2D eigenvalue weighted by molar-refractivity contribution is 6.11. The second-order valence-electron chi connectivity index (χ2n) is 11.6. The molecule has 0 bridgehead atoms. The van der Waals surface area contributed by atoms with E-state index in [0.29, 0.717) is 5.89 Å². The molecular weight excluding hydrogens is 574 g/mol. The Bertz CT molecular complexity index is 2480. The molecule has 0 atom stereocenters. The van der Waals surface area contributed by atoms with E-state index in [4.69, 9.17) is 9.40 Å². The van der Waals surface area contributed by atoms with Gasteiger partial charge in [0, 0.05) is 39.0 Å². The molecule has 47 heavy (non-hydrogen) atoms. The van der Waals surface area contributed by atoms with Crippen molar-refractivity contribution < 1.29 is 4.42 Å². The topological polar surface area (TPSA) is 34.2 Å². The van der Waals surface area contributed by atoms with E-state index in [1.54, 1.807) is 0 Å². The van der Waals surface area contributed by atoms with Crippen molar-refractivity contribution in [2.45, 2.75) is 0 Å². The number of para-hydroxylation sites is 5. The summed E-state index contributed by atoms with van der Waals surface area (Å²) in [6.45, 7) is 0. The van der Waals surface area contributed by atoms with Crippen LogP contribution in [0.3, 0.4) is 0 Å². The highest BCUT2D eigenvalue weighted by Crippen LogP contribution is 2.41. The van der Waals surface area contributed by atoms with E-state index >= 15 is 0 Å². The number of rotatable bonds is 6. The molecule has 2 aromatic heterocycles. The second kappa shape index (κ2) is 11.2. The molecule has 0 spiro atoms. The SMILES string of the molecule is c1ccc(-c2ccccc2-n2c3ccccc3c3cc(N(c4ccccc4)c4ccc(-c5nc6ccccc6o5)cc4)ccc32)cc1. The summed E-state index contributed by atoms with van der Waals surface area (Å²) in [4.78, 5) is 7.01. The first-order valence-corrected chi connectivity index (χ1v) is 15.8. The van der Waals surface area contributed by atoms with Crippen molar-refractivity contribution in [3.8, 4) is 28.3 Å². The number of fused-ring (bicyclic) bond motifs is 4. The van der Waals surface area contributed by atoms with Gasteiger partial charge >= 0.3 is 0 Å². The highest BCUT2D eigenvalue weighted by atomic mass is 16.3. The number of nitrogens with zero attached hydrogens (tertiary/aromatic N) is 3. The highest BCUT2D eigenvalue weighted by Gasteiger charge is 2.19. The van der Waals surface area contributed by atoms with Gasteiger partial charge in [0.1, 0.15) is 5.52 Å². The van der Waals surface area contributed by atoms with Crippen LogP contribution in [-0.2, 0) is 0 Å². The van der Waals surface area contributed by atoms with E-state index in [9.17, 15) is 0 Å². The number of hydrogen-bond acceptors (Lipinski definition) is 3. The standard InChI is InChI=1S/C43H29N3O/c1-3-13-30(14-4-1)35-17-7-10-20-39(35)46-40-21-11-8-18-36(40)37-29-34(27-28-41(37)46)45(32-15-5-2-6-16-32)33-25-23-31(24-26-33)43-44-38-19-9-12-22-42(38)47-43/h1-29H. The zero-order chi connectivity index (χ0) is 31.2. The van der Waals surface area contributed by atoms with Crippen LogP contribution in [0.5, 0.6) is 0 Å². The Labute approximate surface area is 272 Å². The van der Waals surface area contributed by atoms with Crippen molar-refractivity contribution >= 4 is 50.0 Å². The van der Waals surface area contributed by atoms with Crippen molar-refractivity contribution in [3.05, 3.63) is 176 Å². The molecule has 0 N–H and O–H groups in total. The minimum absolute atomic E-state index is 0.619. The lowest BCUT2D eigenvalue weighted by Crippen LogP contribution is -2.09. The van der Waals surface area contributed by atoms with E-state index in [0.717, 1.165) is 44.9 Å². The maximum atomic E-state index is 6.06. The summed E-state index contributed by atoms with van der Waals surface area (Å²) in [7, 11) is 0. The Morgan fingerprint density at radius 1 is 0.468 bits per heavy atom. The quantitative estimate of drug-likeness (QED) is 0.190. The molecule has 0 saturated carbocycles. The molecule has 0 aliphatic heterocycles. The van der Waals surface area contributed by atoms with E-state index in [1.807, 2.05) is 24.3 Å². The molecule has 2 heterocycles. The van der Waals surface area contributed by atoms with Crippen LogP contribution in [-0.4, -0.2) is 9.55 Å². The van der Waals surface area contributed by atoms with Gasteiger partial charge in [-0.2, -0.15) is 0 Å². The van der Waals surface area contributed by atoms with Crippen molar-refractivity contribution in [1.29, 1.82) is 0 Å². The van der Waals surface area contributed by atoms with Crippen LogP contribution in [0.25, 0.3) is 61.2 Å². The summed E-state index contributed by atoms with van der Waals surface area (Å²) in [5.74, 6) is 0.619. The van der Waals surface area contributed by atoms with Crippen LogP contribution < -0.4 is 4.90 Å². The van der Waals surface area contributed by atoms with Gasteiger partial charge in [0.2, 0.25) is 5.89 Å². The largest absolute Gasteiger partial charge is 0.436 e. The van der Waals surface area contributed by atoms with Gasteiger partial charge < -0.3 is 13.9 Å². The second-order valence-corrected chi connectivity index (χ2v) is 11.6. The van der Waals surface area contributed by atoms with E-state index in [1.165, 1.54) is 27.4 Å². The predicted octanol–water partition coefficient (Wildman–Crippen LogP) is 11.7. The first-order chi connectivity index (χ1) is 23.3. The normalized spacial score (nSPS) is 11.4. The van der Waals surface area contributed by atoms with Gasteiger partial charge in [-0.15, -0.1) is 0 Å². The zero-order valence-electron chi connectivity index (χ0n) is 25.5. The summed E-state index contributed by atoms with van der Waals surface area (Å²) < 4.78 is 8.46. The smallest absolute Gasteiger partial charge is 0.227 e. The van der Waals surface area contributed by atoms with Gasteiger partial charge in [0.05, 0.1) is 16.7 Å². The van der Waals surface area contributed by atoms with Gasteiger partial charge in [-0.3, -0.25) is 0 Å². The van der Waals surface area contributed by atoms with Crippen LogP contribution in [0.4, 0.5) is 17.1 Å². The van der Waals surface area contributed by atoms with E-state index in [-0.39, 0.29) is 0 Å². The minimum Gasteiger partial charge on any atom is -0.436 e. The first kappa shape index (κ1) is 27.0. The molecule has 0 aliphatic carbocycles. The van der Waals surface area contributed by atoms with Crippen LogP contribution in [0, 0.1) is 0 Å². The molecule has 4 nitrogen and oxygen atoms in total. The molecule has 0 amide bonds. The minimum atomic E-state index is 0.619. The third kappa shape index (κ3) is 4.66. The van der Waals surface area contributed by atoms with Crippen LogP contribution in [0.1, 0.15) is 0 Å². The fraction of sp³-hybridized carbons (Fsp3) is 0. The third-order valence-corrected chi connectivity index (χ3v) is 8.82. The summed E-state index contributed by atoms with van der Waals surface area (Å²) >= 11 is 0. The fourth-order valence-electron chi connectivity index (χ4n) is 6.66. The molecule has 0 saturated heterocycles.